The largest absolute Gasteiger partial charge is 0.496 e. The number of hydrogen-bond donors (Lipinski definition) is 0. The van der Waals surface area contributed by atoms with Gasteiger partial charge in [-0.25, -0.2) is 8.78 Å². The van der Waals surface area contributed by atoms with Gasteiger partial charge >= 0.3 is 12.3 Å². The lowest BCUT2D eigenvalue weighted by molar-refractivity contribution is -0.0958. The third-order valence-electron chi connectivity index (χ3n) is 2.56. The molecule has 0 aliphatic carbocycles. The number of alkyl halides is 4. The molecule has 0 unspecified atom stereocenters. The molecule has 2 nitrogen and oxygen atoms in total. The van der Waals surface area contributed by atoms with Gasteiger partial charge in [-0.15, -0.1) is 0 Å². The highest BCUT2D eigenvalue weighted by Crippen LogP contribution is 2.31. The minimum Gasteiger partial charge on any atom is -0.496 e. The summed E-state index contributed by atoms with van der Waals surface area (Å²) in [7, 11) is 1.39. The number of aryl methyl sites for hydroxylation is 2. The van der Waals surface area contributed by atoms with Crippen molar-refractivity contribution >= 4 is 5.78 Å². The van der Waals surface area contributed by atoms with E-state index in [1.54, 1.807) is 0 Å². The molecule has 1 aromatic rings. The smallest absolute Gasteiger partial charge is 0.368 e. The Hall–Kier alpha value is -1.59. The highest BCUT2D eigenvalue weighted by atomic mass is 19.3. The number of carbonyl (C=O) groups is 1. The zero-order chi connectivity index (χ0) is 14.1. The molecule has 0 spiro atoms. The Balaban J connectivity index is 3.27. The van der Waals surface area contributed by atoms with Gasteiger partial charge in [0.05, 0.1) is 7.11 Å². The van der Waals surface area contributed by atoms with Crippen molar-refractivity contribution in [3.63, 3.8) is 0 Å². The van der Waals surface area contributed by atoms with Crippen molar-refractivity contribution in [1.29, 1.82) is 0 Å². The number of rotatable bonds is 4. The van der Waals surface area contributed by atoms with Crippen LogP contribution in [0.4, 0.5) is 17.6 Å². The van der Waals surface area contributed by atoms with E-state index in [0.717, 1.165) is 6.07 Å². The molecule has 0 saturated carbocycles. The summed E-state index contributed by atoms with van der Waals surface area (Å²) in [6.07, 6.45) is -4.02. The van der Waals surface area contributed by atoms with Crippen LogP contribution in [0.15, 0.2) is 12.1 Å². The van der Waals surface area contributed by atoms with Crippen LogP contribution >= 0.6 is 0 Å². The molecule has 6 heteroatoms. The van der Waals surface area contributed by atoms with Crippen LogP contribution in [0.3, 0.4) is 0 Å². The number of carbonyl (C=O) groups excluding carboxylic acids is 1. The van der Waals surface area contributed by atoms with E-state index in [0.29, 0.717) is 11.3 Å². The molecular formula is C12H12F4O2. The van der Waals surface area contributed by atoms with E-state index < -0.39 is 23.7 Å². The first-order valence-corrected chi connectivity index (χ1v) is 5.07. The molecule has 0 saturated heterocycles. The number of ketones is 1. The number of ether oxygens (including phenoxy) is 1. The first kappa shape index (κ1) is 14.5. The highest BCUT2D eigenvalue weighted by Gasteiger charge is 2.49. The summed E-state index contributed by atoms with van der Waals surface area (Å²) in [4.78, 5) is 11.4. The van der Waals surface area contributed by atoms with Gasteiger partial charge in [-0.1, -0.05) is 0 Å². The van der Waals surface area contributed by atoms with Gasteiger partial charge in [0.25, 0.3) is 0 Å². The number of Topliss-reactive ketones (excluding diaryl/α,β-unsaturated/α-hetero) is 1. The van der Waals surface area contributed by atoms with Crippen LogP contribution in [-0.2, 0) is 0 Å². The Morgan fingerprint density at radius 3 is 2.22 bits per heavy atom. The van der Waals surface area contributed by atoms with E-state index in [4.69, 9.17) is 4.74 Å². The third kappa shape index (κ3) is 2.47. The molecule has 1 rings (SSSR count). The van der Waals surface area contributed by atoms with Crippen LogP contribution in [0, 0.1) is 13.8 Å². The Morgan fingerprint density at radius 1 is 1.22 bits per heavy atom. The molecule has 0 N–H and O–H groups in total. The summed E-state index contributed by atoms with van der Waals surface area (Å²) in [5.41, 5.74) is 0.179. The topological polar surface area (TPSA) is 26.3 Å². The summed E-state index contributed by atoms with van der Waals surface area (Å²) in [6.45, 7) is 2.92. The summed E-state index contributed by atoms with van der Waals surface area (Å²) in [5.74, 6) is -6.14. The molecule has 1 aromatic carbocycles. The van der Waals surface area contributed by atoms with Crippen LogP contribution in [-0.4, -0.2) is 25.2 Å². The first-order chi connectivity index (χ1) is 8.21. The number of hydrogen-bond acceptors (Lipinski definition) is 2. The average molecular weight is 264 g/mol. The average Bonchev–Trinajstić information content (AvgIpc) is 2.30. The molecule has 0 heterocycles. The Kier molecular flexibility index (Phi) is 3.98. The van der Waals surface area contributed by atoms with Gasteiger partial charge in [-0.05, 0) is 37.1 Å². The Bertz CT molecular complexity index is 469. The monoisotopic (exact) mass is 264 g/mol. The van der Waals surface area contributed by atoms with Crippen molar-refractivity contribution in [2.75, 3.05) is 7.11 Å². The van der Waals surface area contributed by atoms with Crippen LogP contribution in [0.2, 0.25) is 0 Å². The molecule has 0 amide bonds. The summed E-state index contributed by atoms with van der Waals surface area (Å²) in [5, 5.41) is 0. The van der Waals surface area contributed by atoms with Gasteiger partial charge in [0.1, 0.15) is 5.75 Å². The van der Waals surface area contributed by atoms with Gasteiger partial charge in [0.15, 0.2) is 0 Å². The minimum absolute atomic E-state index is 0.169. The lowest BCUT2D eigenvalue weighted by atomic mass is 9.98. The van der Waals surface area contributed by atoms with Gasteiger partial charge in [0, 0.05) is 5.56 Å². The molecule has 0 fully saturated rings. The maximum Gasteiger partial charge on any atom is 0.368 e. The summed E-state index contributed by atoms with van der Waals surface area (Å²) in [6, 6.07) is 2.50. The van der Waals surface area contributed by atoms with Crippen molar-refractivity contribution < 1.29 is 27.1 Å². The zero-order valence-corrected chi connectivity index (χ0v) is 10.1. The molecule has 0 atom stereocenters. The zero-order valence-electron chi connectivity index (χ0n) is 10.1. The summed E-state index contributed by atoms with van der Waals surface area (Å²) >= 11 is 0. The van der Waals surface area contributed by atoms with E-state index in [-0.39, 0.29) is 5.56 Å². The number of methoxy groups -OCH3 is 1. The number of benzene rings is 1. The number of halogens is 4. The van der Waals surface area contributed by atoms with Crippen LogP contribution in [0.1, 0.15) is 21.5 Å². The molecule has 18 heavy (non-hydrogen) atoms. The SMILES string of the molecule is COc1cc(C)c(C(=O)C(F)(F)C(F)F)cc1C. The molecule has 0 aliphatic heterocycles. The first-order valence-electron chi connectivity index (χ1n) is 5.07. The second kappa shape index (κ2) is 4.96. The fourth-order valence-electron chi connectivity index (χ4n) is 1.53. The predicted molar refractivity (Wildman–Crippen MR) is 57.7 cm³/mol. The third-order valence-corrected chi connectivity index (χ3v) is 2.56. The van der Waals surface area contributed by atoms with E-state index in [9.17, 15) is 22.4 Å². The van der Waals surface area contributed by atoms with E-state index in [2.05, 4.69) is 0 Å². The van der Waals surface area contributed by atoms with Crippen molar-refractivity contribution in [1.82, 2.24) is 0 Å². The summed E-state index contributed by atoms with van der Waals surface area (Å²) < 4.78 is 55.2. The standard InChI is InChI=1S/C12H12F4O2/c1-6-5-9(18-3)7(2)4-8(6)10(17)12(15,16)11(13)14/h4-5,11H,1-3H3. The lowest BCUT2D eigenvalue weighted by Crippen LogP contribution is -2.37. The van der Waals surface area contributed by atoms with E-state index in [1.165, 1.54) is 27.0 Å². The molecule has 100 valence electrons. The van der Waals surface area contributed by atoms with Crippen molar-refractivity contribution in [2.45, 2.75) is 26.2 Å². The normalized spacial score (nSPS) is 11.8. The highest BCUT2D eigenvalue weighted by molar-refractivity contribution is 6.03. The fourth-order valence-corrected chi connectivity index (χ4v) is 1.53. The van der Waals surface area contributed by atoms with Gasteiger partial charge in [-0.3, -0.25) is 4.79 Å². The molecule has 0 bridgehead atoms. The maximum atomic E-state index is 13.0. The minimum atomic E-state index is -4.67. The van der Waals surface area contributed by atoms with Gasteiger partial charge in [-0.2, -0.15) is 8.78 Å². The maximum absolute atomic E-state index is 13.0. The van der Waals surface area contributed by atoms with E-state index >= 15 is 0 Å². The van der Waals surface area contributed by atoms with E-state index in [1.807, 2.05) is 0 Å². The molecule has 0 aromatic heterocycles. The van der Waals surface area contributed by atoms with Crippen molar-refractivity contribution in [2.24, 2.45) is 0 Å². The second-order valence-electron chi connectivity index (χ2n) is 3.89. The molecule has 0 aliphatic rings. The molecular weight excluding hydrogens is 252 g/mol. The van der Waals surface area contributed by atoms with Crippen molar-refractivity contribution in [3.05, 3.63) is 28.8 Å². The Labute approximate surface area is 102 Å². The molecule has 0 radical (unpaired) electrons. The van der Waals surface area contributed by atoms with Gasteiger partial charge < -0.3 is 4.74 Å². The predicted octanol–water partition coefficient (Wildman–Crippen LogP) is 3.40. The van der Waals surface area contributed by atoms with Crippen LogP contribution < -0.4 is 4.74 Å². The fraction of sp³-hybridized carbons (Fsp3) is 0.417. The Morgan fingerprint density at radius 2 is 1.78 bits per heavy atom. The lowest BCUT2D eigenvalue weighted by Gasteiger charge is -2.16. The quantitative estimate of drug-likeness (QED) is 0.615. The second-order valence-corrected chi connectivity index (χ2v) is 3.89. The van der Waals surface area contributed by atoms with Gasteiger partial charge in [0.2, 0.25) is 5.78 Å². The van der Waals surface area contributed by atoms with Crippen LogP contribution in [0.25, 0.3) is 0 Å². The van der Waals surface area contributed by atoms with Crippen LogP contribution in [0.5, 0.6) is 5.75 Å². The van der Waals surface area contributed by atoms with Crippen molar-refractivity contribution in [3.8, 4) is 5.75 Å².